The summed E-state index contributed by atoms with van der Waals surface area (Å²) in [6.07, 6.45) is -1.14. The van der Waals surface area contributed by atoms with Crippen molar-refractivity contribution >= 4 is 65.3 Å². The van der Waals surface area contributed by atoms with E-state index in [1.54, 1.807) is 20.8 Å². The quantitative estimate of drug-likeness (QED) is 0.0150. The lowest BCUT2D eigenvalue weighted by Crippen LogP contribution is -2.54. The highest BCUT2D eigenvalue weighted by Crippen LogP contribution is 2.22. The number of carbonyl (C=O) groups excluding carboxylic acids is 8. The smallest absolute Gasteiger partial charge is 0.411 e. The van der Waals surface area contributed by atoms with E-state index in [4.69, 9.17) is 37.9 Å². The second-order valence-electron chi connectivity index (χ2n) is 22.5. The van der Waals surface area contributed by atoms with Gasteiger partial charge in [0.2, 0.25) is 0 Å². The third kappa shape index (κ3) is 23.3. The molecule has 4 amide bonds. The summed E-state index contributed by atoms with van der Waals surface area (Å²) in [7, 11) is 0. The minimum absolute atomic E-state index is 0.0269. The molecule has 0 bridgehead atoms. The van der Waals surface area contributed by atoms with Crippen LogP contribution in [0.1, 0.15) is 95.8 Å². The number of aryl methyl sites for hydroxylation is 3. The molecule has 0 aliphatic rings. The Kier molecular flexibility index (Phi) is 30.2. The van der Waals surface area contributed by atoms with Crippen molar-refractivity contribution in [3.63, 3.8) is 0 Å². The molecule has 0 aliphatic carbocycles. The third-order valence-electron chi connectivity index (χ3n) is 14.4. The Morgan fingerprint density at radius 3 is 0.879 bits per heavy atom. The summed E-state index contributed by atoms with van der Waals surface area (Å²) in [6, 6.07) is 12.7. The fraction of sp³-hybridized carbons (Fsp3) is 0.403. The zero-order valence-electron chi connectivity index (χ0n) is 56.3. The van der Waals surface area contributed by atoms with Gasteiger partial charge >= 0.3 is 82.4 Å². The summed E-state index contributed by atoms with van der Waals surface area (Å²) in [6.45, 7) is 22.0. The molecule has 0 aliphatic heterocycles. The van der Waals surface area contributed by atoms with Gasteiger partial charge in [-0.3, -0.25) is 16.0 Å². The van der Waals surface area contributed by atoms with Crippen LogP contribution >= 0.6 is 0 Å². The van der Waals surface area contributed by atoms with Gasteiger partial charge in [0.1, 0.15) is 52.9 Å². The molecule has 32 nitrogen and oxygen atoms in total. The van der Waals surface area contributed by atoms with Crippen LogP contribution in [0.15, 0.2) is 132 Å². The van der Waals surface area contributed by atoms with Crippen LogP contribution < -0.4 is 55.4 Å². The van der Waals surface area contributed by atoms with Gasteiger partial charge in [0.05, 0.1) is 17.1 Å². The fourth-order valence-corrected chi connectivity index (χ4v) is 9.00. The molecular weight excluding hydrogens is 1300 g/mol. The van der Waals surface area contributed by atoms with Crippen molar-refractivity contribution in [3.8, 4) is 17.1 Å². The highest BCUT2D eigenvalue weighted by molar-refractivity contribution is 5.90. The van der Waals surface area contributed by atoms with E-state index < -0.39 is 82.4 Å². The van der Waals surface area contributed by atoms with Gasteiger partial charge in [-0.15, -0.1) is 0 Å². The van der Waals surface area contributed by atoms with Crippen LogP contribution in [0.3, 0.4) is 0 Å². The van der Waals surface area contributed by atoms with Crippen LogP contribution in [0.5, 0.6) is 0 Å². The molecule has 2 aromatic heterocycles. The molecule has 5 aromatic rings. The molecule has 0 unspecified atom stereocenters. The second kappa shape index (κ2) is 38.2. The van der Waals surface area contributed by atoms with Crippen molar-refractivity contribution in [2.24, 2.45) is 0 Å². The highest BCUT2D eigenvalue weighted by Gasteiger charge is 2.23. The Balaban J connectivity index is 1.42. The molecule has 532 valence electrons. The summed E-state index contributed by atoms with van der Waals surface area (Å²) in [5.74, 6) is -2.69. The van der Waals surface area contributed by atoms with Crippen LogP contribution in [0.25, 0.3) is 17.1 Å². The maximum absolute atomic E-state index is 14.7. The van der Waals surface area contributed by atoms with E-state index in [0.29, 0.717) is 45.1 Å². The van der Waals surface area contributed by atoms with Crippen molar-refractivity contribution < 1.29 is 76.3 Å². The number of esters is 4. The summed E-state index contributed by atoms with van der Waals surface area (Å²) in [5.41, 5.74) is -4.20. The van der Waals surface area contributed by atoms with E-state index >= 15 is 0 Å². The molecule has 99 heavy (non-hydrogen) atoms. The Morgan fingerprint density at radius 1 is 0.333 bits per heavy atom. The van der Waals surface area contributed by atoms with Crippen LogP contribution in [-0.4, -0.2) is 135 Å². The second-order valence-corrected chi connectivity index (χ2v) is 22.5. The van der Waals surface area contributed by atoms with E-state index in [1.165, 1.54) is 82.3 Å². The molecule has 0 atom stereocenters. The minimum Gasteiger partial charge on any atom is -0.459 e. The average Bonchev–Trinajstić information content (AvgIpc) is 0.758. The van der Waals surface area contributed by atoms with E-state index in [0.717, 1.165) is 18.3 Å². The van der Waals surface area contributed by atoms with Gasteiger partial charge in [0.15, 0.2) is 0 Å². The third-order valence-corrected chi connectivity index (χ3v) is 14.4. The van der Waals surface area contributed by atoms with E-state index in [2.05, 4.69) is 47.6 Å². The summed E-state index contributed by atoms with van der Waals surface area (Å²) < 4.78 is 45.1. The number of hydrogen-bond donors (Lipinski definition) is 4. The van der Waals surface area contributed by atoms with Crippen molar-refractivity contribution in [1.29, 1.82) is 0 Å². The minimum atomic E-state index is -1.16. The Bertz CT molecular complexity index is 4150. The fourth-order valence-electron chi connectivity index (χ4n) is 9.00. The van der Waals surface area contributed by atoms with Crippen molar-refractivity contribution in [2.45, 2.75) is 119 Å². The van der Waals surface area contributed by atoms with Gasteiger partial charge in [0.25, 0.3) is 0 Å². The van der Waals surface area contributed by atoms with Crippen LogP contribution in [0, 0.1) is 20.8 Å². The number of nitrogens with one attached hydrogen (secondary N) is 4. The molecule has 0 saturated heterocycles. The predicted molar refractivity (Wildman–Crippen MR) is 361 cm³/mol. The summed E-state index contributed by atoms with van der Waals surface area (Å²) >= 11 is 0. The first-order chi connectivity index (χ1) is 47.0. The highest BCUT2D eigenvalue weighted by atomic mass is 16.6. The van der Waals surface area contributed by atoms with Gasteiger partial charge in [-0.1, -0.05) is 70.2 Å². The molecule has 0 saturated carbocycles. The van der Waals surface area contributed by atoms with Gasteiger partial charge in [-0.2, -0.15) is 0 Å². The Morgan fingerprint density at radius 2 is 0.586 bits per heavy atom. The number of nitrogens with zero attached hydrogens (tertiary/aromatic N) is 6. The van der Waals surface area contributed by atoms with Crippen molar-refractivity contribution in [1.82, 2.24) is 32.7 Å². The van der Waals surface area contributed by atoms with E-state index in [9.17, 15) is 67.1 Å². The largest absolute Gasteiger partial charge is 0.459 e. The number of ether oxygens (including phenoxy) is 8. The molecule has 0 spiro atoms. The molecule has 0 fully saturated rings. The van der Waals surface area contributed by atoms with E-state index in [1.807, 2.05) is 0 Å². The standard InChI is InChI=1S/C67H82N10O22/c1-41(2)54(78)92-30-34-96-58(82)68-26-16-12-13-17-27-72-62(86)73(64(88)75(63(72)87)48-23-20-45(9)51(38-48)69-59(83)97-35-31-93-55(79)42(3)4)28-18-14-15-19-29-74-65(89)76(49-24-21-46(10)52(39-49)70-60(84)98-36-32-94-56(80)43(5)6)67(91)77(66(74)90)50-25-22-47(11)53(40-50)71-61(85)99-37-33-95-57(81)44(7)8/h20-25,38-40H,1,3,5,7,12-19,26-37H2,2,4,6,8-11H3,(H,68,82)(H,69,83)(H,70,84)(H,71,85). The number of unbranched alkanes of at least 4 members (excludes halogenated alkanes) is 6. The van der Waals surface area contributed by atoms with Crippen molar-refractivity contribution in [3.05, 3.63) is 183 Å². The zero-order chi connectivity index (χ0) is 73.0. The van der Waals surface area contributed by atoms with Crippen LogP contribution in [-0.2, 0) is 76.7 Å². The van der Waals surface area contributed by atoms with Crippen LogP contribution in [0.4, 0.5) is 36.2 Å². The number of anilines is 3. The number of rotatable bonds is 36. The average molecular weight is 1380 g/mol. The molecule has 4 N–H and O–H groups in total. The first-order valence-corrected chi connectivity index (χ1v) is 31.3. The molecule has 2 heterocycles. The molecule has 32 heteroatoms. The first-order valence-electron chi connectivity index (χ1n) is 31.3. The summed E-state index contributed by atoms with van der Waals surface area (Å²) in [4.78, 5) is 185. The number of carbonyl (C=O) groups is 8. The first kappa shape index (κ1) is 78.1. The maximum atomic E-state index is 14.7. The Labute approximate surface area is 567 Å². The number of hydrogen-bond acceptors (Lipinski definition) is 22. The topological polar surface area (TPSA) is 391 Å². The lowest BCUT2D eigenvalue weighted by Gasteiger charge is -2.17. The predicted octanol–water partition coefficient (Wildman–Crippen LogP) is 6.22. The molecule has 0 radical (unpaired) electrons. The SMILES string of the molecule is C=C(C)C(=O)OCCOC(=O)NCCCCCCn1c(=O)n(CCCCCCn2c(=O)n(-c3ccc(C)c(NC(=O)OCCOC(=O)C(=C)C)c3)c(=O)n(-c3ccc(C)c(NC(=O)OCCOC(=O)C(=C)C)c3)c2=O)c(=O)n(-c2ccc(C)c(NC(=O)OCCOC(=O)C(=C)C)c2)c1=O. The Hall–Kier alpha value is -11.6. The summed E-state index contributed by atoms with van der Waals surface area (Å²) in [5, 5.41) is 10.2. The number of benzene rings is 3. The number of amides is 4. The molecule has 3 aromatic carbocycles. The van der Waals surface area contributed by atoms with Crippen molar-refractivity contribution in [2.75, 3.05) is 75.4 Å². The maximum Gasteiger partial charge on any atom is 0.411 e. The lowest BCUT2D eigenvalue weighted by atomic mass is 10.1. The number of aromatic nitrogens is 6. The van der Waals surface area contributed by atoms with Gasteiger partial charge in [0, 0.05) is 65.5 Å². The van der Waals surface area contributed by atoms with Gasteiger partial charge < -0.3 is 43.2 Å². The van der Waals surface area contributed by atoms with Gasteiger partial charge in [-0.05, 0) is 127 Å². The molecular formula is C67H82N10O22. The number of alkyl carbamates (subject to hydrolysis) is 1. The zero-order valence-corrected chi connectivity index (χ0v) is 56.3. The molecule has 5 rings (SSSR count). The normalized spacial score (nSPS) is 10.7. The van der Waals surface area contributed by atoms with Gasteiger partial charge in [-0.25, -0.2) is 94.5 Å². The monoisotopic (exact) mass is 1380 g/mol. The van der Waals surface area contributed by atoms with E-state index in [-0.39, 0.29) is 168 Å². The van der Waals surface area contributed by atoms with Crippen LogP contribution in [0.2, 0.25) is 0 Å². The lowest BCUT2D eigenvalue weighted by molar-refractivity contribution is -0.140.